The molecule has 0 radical (unpaired) electrons. The number of thiol groups is 1. The first-order valence-corrected chi connectivity index (χ1v) is 11.4. The molecule has 6 heteroatoms. The van der Waals surface area contributed by atoms with Gasteiger partial charge in [0.25, 0.3) is 0 Å². The Morgan fingerprint density at radius 1 is 1.20 bits per heavy atom. The lowest BCUT2D eigenvalue weighted by molar-refractivity contribution is -0.143. The zero-order chi connectivity index (χ0) is 22.6. The number of carbonyl (C=O) groups is 1. The van der Waals surface area contributed by atoms with E-state index in [0.29, 0.717) is 5.56 Å². The molecule has 2 aromatic rings. The summed E-state index contributed by atoms with van der Waals surface area (Å²) >= 11 is 0. The molecule has 0 spiro atoms. The van der Waals surface area contributed by atoms with Crippen molar-refractivity contribution in [1.82, 2.24) is 4.72 Å². The molecule has 3 nitrogen and oxygen atoms in total. The minimum atomic E-state index is -1.27. The summed E-state index contributed by atoms with van der Waals surface area (Å²) in [6, 6.07) is 7.77. The Labute approximate surface area is 180 Å². The zero-order valence-electron chi connectivity index (χ0n) is 18.5. The first kappa shape index (κ1) is 24.1. The standard InChI is InChI=1S/C24H31F2NO2S/c1-8-29-21(28)14-20(27-30(7)24(4,5)6)18-12-17(13-19(25)23(18)26)22-15(2)10-9-11-16(22)3/h7,9-13,20,27,30H,8,14H2,1-6H3/t20-/m0/s1. The van der Waals surface area contributed by atoms with Crippen LogP contribution in [0.4, 0.5) is 8.78 Å². The van der Waals surface area contributed by atoms with E-state index in [1.165, 1.54) is 6.07 Å². The smallest absolute Gasteiger partial charge is 0.307 e. The number of carbonyl (C=O) groups excluding carboxylic acids is 1. The summed E-state index contributed by atoms with van der Waals surface area (Å²) in [5.74, 6) is -2.44. The molecule has 0 aromatic heterocycles. The van der Waals surface area contributed by atoms with Crippen molar-refractivity contribution in [2.45, 2.75) is 58.8 Å². The summed E-state index contributed by atoms with van der Waals surface area (Å²) in [4.78, 5) is 12.2. The summed E-state index contributed by atoms with van der Waals surface area (Å²) in [6.45, 7) is 11.6. The first-order valence-electron chi connectivity index (χ1n) is 9.98. The van der Waals surface area contributed by atoms with Crippen LogP contribution in [0.3, 0.4) is 0 Å². The third kappa shape index (κ3) is 5.72. The van der Waals surface area contributed by atoms with Gasteiger partial charge in [0, 0.05) is 10.3 Å². The van der Waals surface area contributed by atoms with E-state index in [1.807, 2.05) is 52.8 Å². The summed E-state index contributed by atoms with van der Waals surface area (Å²) in [5.41, 5.74) is 9.70. The summed E-state index contributed by atoms with van der Waals surface area (Å²) in [6.07, 6.45) is -0.146. The van der Waals surface area contributed by atoms with Crippen LogP contribution in [0.15, 0.2) is 30.3 Å². The minimum absolute atomic E-state index is 0.0721. The van der Waals surface area contributed by atoms with Gasteiger partial charge in [-0.2, -0.15) is 0 Å². The fourth-order valence-electron chi connectivity index (χ4n) is 3.25. The van der Waals surface area contributed by atoms with Crippen molar-refractivity contribution in [2.75, 3.05) is 6.61 Å². The predicted octanol–water partition coefficient (Wildman–Crippen LogP) is 6.14. The number of halogens is 2. The Bertz CT molecular complexity index is 982. The molecule has 0 fully saturated rings. The van der Waals surface area contributed by atoms with Crippen LogP contribution in [0, 0.1) is 31.2 Å². The van der Waals surface area contributed by atoms with Gasteiger partial charge in [0.1, 0.15) is 0 Å². The number of hydrogen-bond acceptors (Lipinski definition) is 3. The number of esters is 1. The van der Waals surface area contributed by atoms with Crippen LogP contribution < -0.4 is 4.72 Å². The summed E-state index contributed by atoms with van der Waals surface area (Å²) in [7, 11) is -1.27. The van der Waals surface area contributed by atoms with Crippen LogP contribution in [0.5, 0.6) is 0 Å². The monoisotopic (exact) mass is 435 g/mol. The van der Waals surface area contributed by atoms with E-state index >= 15 is 0 Å². The number of benzene rings is 2. The number of rotatable bonds is 6. The first-order chi connectivity index (χ1) is 14.0. The van der Waals surface area contributed by atoms with Gasteiger partial charge in [-0.25, -0.2) is 8.78 Å². The Morgan fingerprint density at radius 3 is 2.33 bits per heavy atom. The van der Waals surface area contributed by atoms with E-state index in [-0.39, 0.29) is 23.3 Å². The fourth-order valence-corrected chi connectivity index (χ4v) is 4.20. The molecular formula is C24H31F2NO2S. The van der Waals surface area contributed by atoms with Gasteiger partial charge in [0.2, 0.25) is 0 Å². The second-order valence-corrected chi connectivity index (χ2v) is 10.7. The maximum Gasteiger partial charge on any atom is 0.307 e. The third-order valence-corrected chi connectivity index (χ3v) is 6.93. The quantitative estimate of drug-likeness (QED) is 0.423. The Balaban J connectivity index is 2.60. The molecular weight excluding hydrogens is 404 g/mol. The molecule has 164 valence electrons. The average Bonchev–Trinajstić information content (AvgIpc) is 2.63. The highest BCUT2D eigenvalue weighted by atomic mass is 32.2. The Kier molecular flexibility index (Phi) is 7.87. The van der Waals surface area contributed by atoms with E-state index < -0.39 is 34.1 Å². The van der Waals surface area contributed by atoms with Crippen molar-refractivity contribution in [1.29, 1.82) is 0 Å². The van der Waals surface area contributed by atoms with Crippen LogP contribution in [-0.2, 0) is 9.53 Å². The van der Waals surface area contributed by atoms with Crippen molar-refractivity contribution >= 4 is 16.5 Å². The van der Waals surface area contributed by atoms with E-state index in [2.05, 4.69) is 4.72 Å². The third-order valence-electron chi connectivity index (χ3n) is 4.90. The van der Waals surface area contributed by atoms with Gasteiger partial charge < -0.3 is 4.74 Å². The summed E-state index contributed by atoms with van der Waals surface area (Å²) in [5, 5.41) is 0. The van der Waals surface area contributed by atoms with Crippen molar-refractivity contribution < 1.29 is 18.3 Å². The SMILES string of the molecule is C#[SH](N[C@@H](CC(=O)OCC)c1cc(-c2c(C)cccc2C)cc(F)c1F)C(C)(C)C. The van der Waals surface area contributed by atoms with Crippen molar-refractivity contribution in [3.8, 4) is 16.8 Å². The van der Waals surface area contributed by atoms with Gasteiger partial charge in [-0.05, 0) is 55.2 Å². The van der Waals surface area contributed by atoms with Crippen LogP contribution in [0.2, 0.25) is 0 Å². The van der Waals surface area contributed by atoms with E-state index in [9.17, 15) is 13.6 Å². The van der Waals surface area contributed by atoms with E-state index in [1.54, 1.807) is 13.0 Å². The maximum atomic E-state index is 14.9. The van der Waals surface area contributed by atoms with Gasteiger partial charge in [-0.3, -0.25) is 9.52 Å². The normalized spacial score (nSPS) is 13.7. The largest absolute Gasteiger partial charge is 0.466 e. The number of aryl methyl sites for hydroxylation is 2. The molecule has 0 amide bonds. The van der Waals surface area contributed by atoms with Crippen LogP contribution in [0.1, 0.15) is 56.8 Å². The van der Waals surface area contributed by atoms with Gasteiger partial charge in [-0.15, -0.1) is 16.2 Å². The topological polar surface area (TPSA) is 38.3 Å². The molecule has 0 aliphatic rings. The van der Waals surface area contributed by atoms with E-state index in [0.717, 1.165) is 16.7 Å². The Hall–Kier alpha value is -2.14. The van der Waals surface area contributed by atoms with Crippen LogP contribution >= 0.6 is 10.5 Å². The second-order valence-electron chi connectivity index (χ2n) is 8.36. The molecule has 2 aromatic carbocycles. The maximum absolute atomic E-state index is 14.9. The van der Waals surface area contributed by atoms with Gasteiger partial charge in [0.05, 0.1) is 19.1 Å². The highest BCUT2D eigenvalue weighted by Crippen LogP contribution is 2.35. The lowest BCUT2D eigenvalue weighted by Crippen LogP contribution is -2.27. The zero-order valence-corrected chi connectivity index (χ0v) is 19.4. The number of hydrogen-bond donors (Lipinski definition) is 2. The van der Waals surface area contributed by atoms with Crippen LogP contribution in [-0.4, -0.2) is 17.3 Å². The number of nitrogens with one attached hydrogen (secondary N) is 1. The molecule has 1 unspecified atom stereocenters. The molecule has 2 atom stereocenters. The van der Waals surface area contributed by atoms with Gasteiger partial charge in [-0.1, -0.05) is 39.0 Å². The summed E-state index contributed by atoms with van der Waals surface area (Å²) < 4.78 is 37.5. The van der Waals surface area contributed by atoms with Gasteiger partial charge in [0.15, 0.2) is 11.6 Å². The molecule has 0 saturated carbocycles. The van der Waals surface area contributed by atoms with Crippen LogP contribution in [0.25, 0.3) is 11.1 Å². The molecule has 0 bridgehead atoms. The second kappa shape index (κ2) is 9.78. The Morgan fingerprint density at radius 2 is 1.80 bits per heavy atom. The molecule has 2 rings (SSSR count). The highest BCUT2D eigenvalue weighted by molar-refractivity contribution is 8.06. The lowest BCUT2D eigenvalue weighted by atomic mass is 9.92. The predicted molar refractivity (Wildman–Crippen MR) is 122 cm³/mol. The number of ether oxygens (including phenoxy) is 1. The van der Waals surface area contributed by atoms with Crippen molar-refractivity contribution in [2.24, 2.45) is 0 Å². The van der Waals surface area contributed by atoms with Gasteiger partial charge >= 0.3 is 5.97 Å². The van der Waals surface area contributed by atoms with E-state index in [4.69, 9.17) is 10.4 Å². The highest BCUT2D eigenvalue weighted by Gasteiger charge is 2.26. The molecule has 1 N–H and O–H groups in total. The molecule has 0 heterocycles. The molecule has 30 heavy (non-hydrogen) atoms. The molecule has 0 aliphatic heterocycles. The molecule has 0 saturated heterocycles. The van der Waals surface area contributed by atoms with Crippen molar-refractivity contribution in [3.63, 3.8) is 0 Å². The van der Waals surface area contributed by atoms with Crippen molar-refractivity contribution in [3.05, 3.63) is 58.7 Å². The average molecular weight is 436 g/mol. The molecule has 0 aliphatic carbocycles. The lowest BCUT2D eigenvalue weighted by Gasteiger charge is -2.28. The minimum Gasteiger partial charge on any atom is -0.466 e. The fraction of sp³-hybridized carbons (Fsp3) is 0.417.